The van der Waals surface area contributed by atoms with E-state index in [1.165, 1.54) is 5.56 Å². The highest BCUT2D eigenvalue weighted by Crippen LogP contribution is 2.16. The number of H-pyrrole nitrogens is 1. The van der Waals surface area contributed by atoms with E-state index in [1.54, 1.807) is 7.11 Å². The lowest BCUT2D eigenvalue weighted by atomic mass is 10.1. The zero-order valence-electron chi connectivity index (χ0n) is 13.1. The van der Waals surface area contributed by atoms with Crippen LogP contribution in [0.3, 0.4) is 0 Å². The summed E-state index contributed by atoms with van der Waals surface area (Å²) in [5.74, 6) is 1.57. The summed E-state index contributed by atoms with van der Waals surface area (Å²) in [5.41, 5.74) is 3.08. The smallest absolute Gasteiger partial charge is 0.254 e. The summed E-state index contributed by atoms with van der Waals surface area (Å²) in [7, 11) is 1.67. The van der Waals surface area contributed by atoms with Gasteiger partial charge in [-0.25, -0.2) is 4.98 Å². The minimum atomic E-state index is 0.0220. The molecule has 0 radical (unpaired) electrons. The van der Waals surface area contributed by atoms with Crippen LogP contribution in [-0.2, 0) is 19.4 Å². The monoisotopic (exact) mass is 299 g/mol. The summed E-state index contributed by atoms with van der Waals surface area (Å²) in [5, 5.41) is 0. The average Bonchev–Trinajstić information content (AvgIpc) is 2.71. The molecule has 22 heavy (non-hydrogen) atoms. The Morgan fingerprint density at radius 1 is 1.23 bits per heavy atom. The number of nitrogens with zero attached hydrogens (tertiary/aromatic N) is 2. The Morgan fingerprint density at radius 3 is 2.68 bits per heavy atom. The Morgan fingerprint density at radius 2 is 1.95 bits per heavy atom. The van der Waals surface area contributed by atoms with Gasteiger partial charge < -0.3 is 9.72 Å². The lowest BCUT2D eigenvalue weighted by molar-refractivity contribution is 0.278. The molecule has 0 unspecified atom stereocenters. The van der Waals surface area contributed by atoms with Crippen LogP contribution in [0.25, 0.3) is 0 Å². The van der Waals surface area contributed by atoms with E-state index in [9.17, 15) is 4.79 Å². The quantitative estimate of drug-likeness (QED) is 0.937. The van der Waals surface area contributed by atoms with Crippen LogP contribution in [0.5, 0.6) is 5.75 Å². The Bertz CT molecular complexity index is 707. The molecule has 3 rings (SSSR count). The Kier molecular flexibility index (Phi) is 4.24. The van der Waals surface area contributed by atoms with Gasteiger partial charge in [-0.2, -0.15) is 0 Å². The fraction of sp³-hybridized carbons (Fsp3) is 0.412. The van der Waals surface area contributed by atoms with E-state index >= 15 is 0 Å². The van der Waals surface area contributed by atoms with Crippen molar-refractivity contribution in [1.82, 2.24) is 14.9 Å². The lowest BCUT2D eigenvalue weighted by Gasteiger charge is -2.19. The van der Waals surface area contributed by atoms with Gasteiger partial charge in [0.05, 0.1) is 12.8 Å². The van der Waals surface area contributed by atoms with Gasteiger partial charge in [-0.05, 0) is 31.0 Å². The van der Waals surface area contributed by atoms with Crippen LogP contribution in [0.2, 0.25) is 0 Å². The summed E-state index contributed by atoms with van der Waals surface area (Å²) in [4.78, 5) is 21.7. The highest BCUT2D eigenvalue weighted by Gasteiger charge is 2.18. The molecule has 2 aromatic rings. The normalized spacial score (nSPS) is 15.2. The number of benzene rings is 1. The number of rotatable bonds is 3. The molecule has 0 saturated carbocycles. The molecule has 0 amide bonds. The van der Waals surface area contributed by atoms with Crippen molar-refractivity contribution in [3.05, 3.63) is 57.3 Å². The molecule has 0 spiro atoms. The van der Waals surface area contributed by atoms with Gasteiger partial charge in [-0.3, -0.25) is 9.69 Å². The van der Waals surface area contributed by atoms with Gasteiger partial charge in [0, 0.05) is 31.6 Å². The predicted molar refractivity (Wildman–Crippen MR) is 85.3 cm³/mol. The van der Waals surface area contributed by atoms with Gasteiger partial charge in [0.25, 0.3) is 5.56 Å². The fourth-order valence-corrected chi connectivity index (χ4v) is 2.93. The summed E-state index contributed by atoms with van der Waals surface area (Å²) < 4.78 is 5.19. The first kappa shape index (κ1) is 14.8. The van der Waals surface area contributed by atoms with Crippen molar-refractivity contribution in [3.8, 4) is 5.75 Å². The van der Waals surface area contributed by atoms with Crippen LogP contribution in [-0.4, -0.2) is 35.1 Å². The minimum Gasteiger partial charge on any atom is -0.497 e. The molecule has 5 nitrogen and oxygen atoms in total. The van der Waals surface area contributed by atoms with E-state index in [2.05, 4.69) is 27.0 Å². The van der Waals surface area contributed by atoms with E-state index in [1.807, 2.05) is 19.1 Å². The van der Waals surface area contributed by atoms with Gasteiger partial charge in [-0.1, -0.05) is 12.1 Å². The summed E-state index contributed by atoms with van der Waals surface area (Å²) in [6.45, 7) is 4.53. The molecule has 1 aliphatic rings. The average molecular weight is 299 g/mol. The van der Waals surface area contributed by atoms with E-state index in [0.29, 0.717) is 5.82 Å². The largest absolute Gasteiger partial charge is 0.497 e. The van der Waals surface area contributed by atoms with Crippen molar-refractivity contribution in [3.63, 3.8) is 0 Å². The highest BCUT2D eigenvalue weighted by molar-refractivity contribution is 5.27. The van der Waals surface area contributed by atoms with Crippen LogP contribution < -0.4 is 10.3 Å². The first-order valence-corrected chi connectivity index (χ1v) is 7.59. The van der Waals surface area contributed by atoms with Gasteiger partial charge in [0.2, 0.25) is 0 Å². The number of methoxy groups -OCH3 is 1. The topological polar surface area (TPSA) is 58.2 Å². The van der Waals surface area contributed by atoms with Crippen LogP contribution in [0.4, 0.5) is 0 Å². The molecule has 0 aliphatic carbocycles. The Balaban J connectivity index is 1.71. The van der Waals surface area contributed by atoms with Crippen molar-refractivity contribution in [1.29, 1.82) is 0 Å². The second kappa shape index (κ2) is 6.32. The molecule has 116 valence electrons. The molecule has 1 aliphatic heterocycles. The van der Waals surface area contributed by atoms with Crippen molar-refractivity contribution in [2.45, 2.75) is 26.3 Å². The second-order valence-corrected chi connectivity index (χ2v) is 5.70. The second-order valence-electron chi connectivity index (χ2n) is 5.70. The van der Waals surface area contributed by atoms with Crippen molar-refractivity contribution >= 4 is 0 Å². The maximum Gasteiger partial charge on any atom is 0.254 e. The van der Waals surface area contributed by atoms with Crippen molar-refractivity contribution in [2.24, 2.45) is 0 Å². The van der Waals surface area contributed by atoms with Crippen LogP contribution in [0.1, 0.15) is 22.6 Å². The standard InChI is InChI=1S/C17H21N3O2/c1-12-18-16-8-10-20(9-7-15(16)17(21)19-12)11-13-3-5-14(22-2)6-4-13/h3-6H,7-11H2,1-2H3,(H,18,19,21). The Labute approximate surface area is 130 Å². The Hall–Kier alpha value is -2.14. The number of aromatic nitrogens is 2. The van der Waals surface area contributed by atoms with Crippen LogP contribution in [0, 0.1) is 6.92 Å². The summed E-state index contributed by atoms with van der Waals surface area (Å²) in [6, 6.07) is 8.15. The third-order valence-corrected chi connectivity index (χ3v) is 4.13. The van der Waals surface area contributed by atoms with Gasteiger partial charge in [0.1, 0.15) is 11.6 Å². The van der Waals surface area contributed by atoms with Crippen molar-refractivity contribution < 1.29 is 4.74 Å². The van der Waals surface area contributed by atoms with Gasteiger partial charge >= 0.3 is 0 Å². The maximum atomic E-state index is 12.0. The fourth-order valence-electron chi connectivity index (χ4n) is 2.93. The third-order valence-electron chi connectivity index (χ3n) is 4.13. The molecule has 0 bridgehead atoms. The van der Waals surface area contributed by atoms with E-state index in [4.69, 9.17) is 4.74 Å². The first-order valence-electron chi connectivity index (χ1n) is 7.59. The number of nitrogens with one attached hydrogen (secondary N) is 1. The molecule has 1 aromatic heterocycles. The number of fused-ring (bicyclic) bond motifs is 1. The number of aryl methyl sites for hydroxylation is 1. The SMILES string of the molecule is COc1ccc(CN2CCc3nc(C)[nH]c(=O)c3CC2)cc1. The molecule has 0 fully saturated rings. The van der Waals surface area contributed by atoms with Crippen LogP contribution in [0.15, 0.2) is 29.1 Å². The van der Waals surface area contributed by atoms with E-state index in [-0.39, 0.29) is 5.56 Å². The molecule has 5 heteroatoms. The molecular weight excluding hydrogens is 278 g/mol. The lowest BCUT2D eigenvalue weighted by Crippen LogP contribution is -2.26. The van der Waals surface area contributed by atoms with E-state index < -0.39 is 0 Å². The van der Waals surface area contributed by atoms with E-state index in [0.717, 1.165) is 49.5 Å². The van der Waals surface area contributed by atoms with Gasteiger partial charge in [0.15, 0.2) is 0 Å². The summed E-state index contributed by atoms with van der Waals surface area (Å²) >= 11 is 0. The molecule has 2 heterocycles. The minimum absolute atomic E-state index is 0.0220. The zero-order chi connectivity index (χ0) is 15.5. The molecule has 1 aromatic carbocycles. The zero-order valence-corrected chi connectivity index (χ0v) is 13.1. The molecule has 1 N–H and O–H groups in total. The van der Waals surface area contributed by atoms with Crippen molar-refractivity contribution in [2.75, 3.05) is 20.2 Å². The third kappa shape index (κ3) is 3.20. The maximum absolute atomic E-state index is 12.0. The predicted octanol–water partition coefficient (Wildman–Crippen LogP) is 1.69. The number of aromatic amines is 1. The highest BCUT2D eigenvalue weighted by atomic mass is 16.5. The first-order chi connectivity index (χ1) is 10.7. The number of ether oxygens (including phenoxy) is 1. The van der Waals surface area contributed by atoms with Gasteiger partial charge in [-0.15, -0.1) is 0 Å². The number of hydrogen-bond donors (Lipinski definition) is 1. The van der Waals surface area contributed by atoms with Crippen LogP contribution >= 0.6 is 0 Å². The number of hydrogen-bond acceptors (Lipinski definition) is 4. The summed E-state index contributed by atoms with van der Waals surface area (Å²) in [6.07, 6.45) is 1.59. The molecule has 0 atom stereocenters. The molecule has 0 saturated heterocycles. The molecular formula is C17H21N3O2.